The molecule has 1 aliphatic heterocycles. The number of hydrogen-bond acceptors (Lipinski definition) is 4. The molecule has 118 valence electrons. The van der Waals surface area contributed by atoms with Crippen LogP contribution in [0.5, 0.6) is 0 Å². The van der Waals surface area contributed by atoms with Gasteiger partial charge in [0, 0.05) is 30.8 Å². The molecule has 1 unspecified atom stereocenters. The molecule has 2 fully saturated rings. The lowest BCUT2D eigenvalue weighted by atomic mass is 9.95. The van der Waals surface area contributed by atoms with Crippen LogP contribution in [0, 0.1) is 0 Å². The molecular formula is C16H32N2O2. The van der Waals surface area contributed by atoms with Crippen LogP contribution in [0.3, 0.4) is 0 Å². The van der Waals surface area contributed by atoms with Gasteiger partial charge in [-0.25, -0.2) is 0 Å². The van der Waals surface area contributed by atoms with Crippen LogP contribution in [0.1, 0.15) is 51.9 Å². The van der Waals surface area contributed by atoms with Gasteiger partial charge in [-0.05, 0) is 59.0 Å². The lowest BCUT2D eigenvalue weighted by molar-refractivity contribution is 0.0423. The van der Waals surface area contributed by atoms with Crippen LogP contribution < -0.4 is 5.32 Å². The molecule has 0 radical (unpaired) electrons. The summed E-state index contributed by atoms with van der Waals surface area (Å²) in [6, 6.07) is 1.37. The zero-order valence-corrected chi connectivity index (χ0v) is 13.2. The van der Waals surface area contributed by atoms with Crippen molar-refractivity contribution in [2.24, 2.45) is 0 Å². The second-order valence-electron chi connectivity index (χ2n) is 6.92. The Bertz CT molecular complexity index is 278. The first-order valence-electron chi connectivity index (χ1n) is 8.29. The number of aliphatic hydroxyl groups excluding tert-OH is 1. The highest BCUT2D eigenvalue weighted by Crippen LogP contribution is 2.25. The molecule has 0 aromatic carbocycles. The van der Waals surface area contributed by atoms with Crippen LogP contribution in [0.15, 0.2) is 0 Å². The molecule has 1 heterocycles. The first-order valence-corrected chi connectivity index (χ1v) is 8.29. The number of ether oxygens (including phenoxy) is 1. The molecule has 1 saturated carbocycles. The van der Waals surface area contributed by atoms with Crippen LogP contribution in [-0.2, 0) is 4.74 Å². The summed E-state index contributed by atoms with van der Waals surface area (Å²) in [7, 11) is 2.24. The fourth-order valence-electron chi connectivity index (χ4n) is 3.10. The minimum absolute atomic E-state index is 0.0710. The highest BCUT2D eigenvalue weighted by molar-refractivity contribution is 4.92. The molecule has 2 aliphatic rings. The van der Waals surface area contributed by atoms with E-state index in [1.807, 2.05) is 0 Å². The fourth-order valence-corrected chi connectivity index (χ4v) is 3.10. The molecule has 0 spiro atoms. The van der Waals surface area contributed by atoms with Gasteiger partial charge in [-0.2, -0.15) is 0 Å². The summed E-state index contributed by atoms with van der Waals surface area (Å²) in [6.45, 7) is 5.41. The van der Waals surface area contributed by atoms with Gasteiger partial charge in [-0.1, -0.05) is 6.42 Å². The lowest BCUT2D eigenvalue weighted by Crippen LogP contribution is -2.47. The summed E-state index contributed by atoms with van der Waals surface area (Å²) < 4.78 is 5.41. The van der Waals surface area contributed by atoms with Crippen molar-refractivity contribution in [3.05, 3.63) is 0 Å². The minimum atomic E-state index is -0.0710. The Balaban J connectivity index is 1.59. The van der Waals surface area contributed by atoms with Crippen LogP contribution >= 0.6 is 0 Å². The maximum Gasteiger partial charge on any atom is 0.0610 e. The highest BCUT2D eigenvalue weighted by Gasteiger charge is 2.31. The summed E-state index contributed by atoms with van der Waals surface area (Å²) in [5, 5.41) is 13.2. The third-order valence-electron chi connectivity index (χ3n) is 4.78. The summed E-state index contributed by atoms with van der Waals surface area (Å²) in [4.78, 5) is 2.49. The molecule has 1 saturated heterocycles. The first kappa shape index (κ1) is 16.2. The van der Waals surface area contributed by atoms with Crippen molar-refractivity contribution in [3.8, 4) is 0 Å². The van der Waals surface area contributed by atoms with E-state index in [0.717, 1.165) is 26.2 Å². The van der Waals surface area contributed by atoms with Gasteiger partial charge in [0.2, 0.25) is 0 Å². The van der Waals surface area contributed by atoms with Crippen molar-refractivity contribution in [2.45, 2.75) is 69.5 Å². The molecule has 0 bridgehead atoms. The maximum absolute atomic E-state index is 9.59. The summed E-state index contributed by atoms with van der Waals surface area (Å²) in [5.74, 6) is 0. The van der Waals surface area contributed by atoms with Gasteiger partial charge in [0.25, 0.3) is 0 Å². The minimum Gasteiger partial charge on any atom is -0.394 e. The molecule has 2 rings (SSSR count). The molecule has 1 atom stereocenters. The van der Waals surface area contributed by atoms with Gasteiger partial charge in [0.15, 0.2) is 0 Å². The molecule has 0 aromatic heterocycles. The van der Waals surface area contributed by atoms with Crippen LogP contribution in [-0.4, -0.2) is 61.0 Å². The summed E-state index contributed by atoms with van der Waals surface area (Å²) in [6.07, 6.45) is 8.38. The number of nitrogens with one attached hydrogen (secondary N) is 1. The second-order valence-corrected chi connectivity index (χ2v) is 6.92. The molecule has 4 nitrogen and oxygen atoms in total. The van der Waals surface area contributed by atoms with E-state index in [-0.39, 0.29) is 12.1 Å². The average Bonchev–Trinajstić information content (AvgIpc) is 3.28. The van der Waals surface area contributed by atoms with Crippen LogP contribution in [0.2, 0.25) is 0 Å². The fraction of sp³-hybridized carbons (Fsp3) is 1.00. The Labute approximate surface area is 123 Å². The van der Waals surface area contributed by atoms with Crippen LogP contribution in [0.4, 0.5) is 0 Å². The average molecular weight is 284 g/mol. The zero-order chi connectivity index (χ0) is 14.4. The third kappa shape index (κ3) is 5.32. The van der Waals surface area contributed by atoms with E-state index in [1.165, 1.54) is 38.5 Å². The van der Waals surface area contributed by atoms with E-state index in [2.05, 4.69) is 24.2 Å². The quantitative estimate of drug-likeness (QED) is 0.633. The molecule has 0 aromatic rings. The number of hydrogen-bond donors (Lipinski definition) is 2. The smallest absolute Gasteiger partial charge is 0.0610 e. The number of rotatable bonds is 9. The predicted octanol–water partition coefficient (Wildman–Crippen LogP) is 1.77. The topological polar surface area (TPSA) is 44.7 Å². The Morgan fingerprint density at radius 2 is 1.90 bits per heavy atom. The van der Waals surface area contributed by atoms with Crippen molar-refractivity contribution >= 4 is 0 Å². The van der Waals surface area contributed by atoms with E-state index < -0.39 is 0 Å². The summed E-state index contributed by atoms with van der Waals surface area (Å²) in [5.41, 5.74) is -0.0710. The van der Waals surface area contributed by atoms with Gasteiger partial charge >= 0.3 is 0 Å². The van der Waals surface area contributed by atoms with Crippen molar-refractivity contribution < 1.29 is 9.84 Å². The zero-order valence-electron chi connectivity index (χ0n) is 13.2. The normalized spacial score (nSPS) is 24.0. The van der Waals surface area contributed by atoms with Gasteiger partial charge < -0.3 is 20.1 Å². The third-order valence-corrected chi connectivity index (χ3v) is 4.78. The number of nitrogens with zero attached hydrogens (tertiary/aromatic N) is 1. The summed E-state index contributed by atoms with van der Waals surface area (Å²) >= 11 is 0. The second kappa shape index (κ2) is 7.74. The van der Waals surface area contributed by atoms with E-state index in [0.29, 0.717) is 12.1 Å². The molecular weight excluding hydrogens is 252 g/mol. The van der Waals surface area contributed by atoms with E-state index >= 15 is 0 Å². The molecule has 1 aliphatic carbocycles. The van der Waals surface area contributed by atoms with Gasteiger partial charge in [-0.15, -0.1) is 0 Å². The highest BCUT2D eigenvalue weighted by atomic mass is 16.5. The standard InChI is InChI=1S/C16H32N2O2/c1-16(13-19,17-14-5-6-14)9-3-4-10-18(2)15-7-11-20-12-8-15/h14-15,17,19H,3-13H2,1-2H3. The van der Waals surface area contributed by atoms with Crippen molar-refractivity contribution in [1.29, 1.82) is 0 Å². The Hall–Kier alpha value is -0.160. The van der Waals surface area contributed by atoms with Crippen LogP contribution in [0.25, 0.3) is 0 Å². The predicted molar refractivity (Wildman–Crippen MR) is 82.0 cm³/mol. The number of aliphatic hydroxyl groups is 1. The lowest BCUT2D eigenvalue weighted by Gasteiger charge is -2.32. The molecule has 4 heteroatoms. The van der Waals surface area contributed by atoms with Crippen molar-refractivity contribution in [2.75, 3.05) is 33.4 Å². The first-order chi connectivity index (χ1) is 9.63. The van der Waals surface area contributed by atoms with Gasteiger partial charge in [-0.3, -0.25) is 0 Å². The maximum atomic E-state index is 9.59. The Morgan fingerprint density at radius 1 is 1.20 bits per heavy atom. The Morgan fingerprint density at radius 3 is 2.50 bits per heavy atom. The molecule has 0 amide bonds. The SMILES string of the molecule is CN(CCCCC(C)(CO)NC1CC1)C1CCOCC1. The van der Waals surface area contributed by atoms with E-state index in [9.17, 15) is 5.11 Å². The monoisotopic (exact) mass is 284 g/mol. The van der Waals surface area contributed by atoms with Crippen molar-refractivity contribution in [3.63, 3.8) is 0 Å². The van der Waals surface area contributed by atoms with E-state index in [1.54, 1.807) is 0 Å². The van der Waals surface area contributed by atoms with Gasteiger partial charge in [0.05, 0.1) is 6.61 Å². The molecule has 20 heavy (non-hydrogen) atoms. The largest absolute Gasteiger partial charge is 0.394 e. The molecule has 2 N–H and O–H groups in total. The van der Waals surface area contributed by atoms with E-state index in [4.69, 9.17) is 4.74 Å². The van der Waals surface area contributed by atoms with Crippen molar-refractivity contribution in [1.82, 2.24) is 10.2 Å². The number of unbranched alkanes of at least 4 members (excludes halogenated alkanes) is 1. The van der Waals surface area contributed by atoms with Gasteiger partial charge in [0.1, 0.15) is 0 Å². The Kier molecular flexibility index (Phi) is 6.27.